The smallest absolute Gasteiger partial charge is 0.372 e. The first-order valence-corrected chi connectivity index (χ1v) is 11.0. The Morgan fingerprint density at radius 3 is 2.86 bits per heavy atom. The molecule has 0 radical (unpaired) electrons. The highest BCUT2D eigenvalue weighted by Crippen LogP contribution is 2.51. The number of rotatable bonds is 4. The van der Waals surface area contributed by atoms with Crippen LogP contribution in [0.2, 0.25) is 0 Å². The van der Waals surface area contributed by atoms with Gasteiger partial charge in [0.2, 0.25) is 5.76 Å². The zero-order valence-electron chi connectivity index (χ0n) is 16.9. The van der Waals surface area contributed by atoms with E-state index >= 15 is 0 Å². The molecule has 0 bridgehead atoms. The van der Waals surface area contributed by atoms with Crippen LogP contribution in [0, 0.1) is 5.41 Å². The molecule has 4 aliphatic rings. The summed E-state index contributed by atoms with van der Waals surface area (Å²) in [5, 5.41) is 3.85. The summed E-state index contributed by atoms with van der Waals surface area (Å²) in [7, 11) is 2.95. The van der Waals surface area contributed by atoms with E-state index in [1.165, 1.54) is 28.4 Å². The van der Waals surface area contributed by atoms with Crippen molar-refractivity contribution in [1.29, 1.82) is 0 Å². The molecule has 3 unspecified atom stereocenters. The minimum atomic E-state index is -0.406. The van der Waals surface area contributed by atoms with Gasteiger partial charge in [0.05, 0.1) is 14.2 Å². The highest BCUT2D eigenvalue weighted by molar-refractivity contribution is 9.11. The lowest BCUT2D eigenvalue weighted by atomic mass is 9.69. The number of halogens is 1. The lowest BCUT2D eigenvalue weighted by molar-refractivity contribution is -0.139. The summed E-state index contributed by atoms with van der Waals surface area (Å²) < 4.78 is 11.6. The predicted octanol–water partition coefficient (Wildman–Crippen LogP) is 3.79. The quantitative estimate of drug-likeness (QED) is 0.402. The van der Waals surface area contributed by atoms with E-state index in [2.05, 4.69) is 45.2 Å². The Labute approximate surface area is 175 Å². The standard InChI is InChI=1S/C22H29BrN2O3/c1-4-22(13-18(27-2)21(26)28-3)9-5-10-25-11-8-16-19(20(22)25)15-7-6-14(23)12-17(15)24-16/h6-7,13,16-17,24H,4-5,8-12H2,1-3H3. The molecular weight excluding hydrogens is 420 g/mol. The molecule has 3 atom stereocenters. The lowest BCUT2D eigenvalue weighted by Crippen LogP contribution is -2.47. The Bertz CT molecular complexity index is 798. The highest BCUT2D eigenvalue weighted by atomic mass is 79.9. The molecule has 0 aromatic rings. The van der Waals surface area contributed by atoms with E-state index in [1.807, 2.05) is 6.08 Å². The van der Waals surface area contributed by atoms with Gasteiger partial charge >= 0.3 is 5.97 Å². The van der Waals surface area contributed by atoms with Gasteiger partial charge in [-0.3, -0.25) is 0 Å². The second-order valence-electron chi connectivity index (χ2n) is 8.07. The van der Waals surface area contributed by atoms with Gasteiger partial charge in [-0.15, -0.1) is 0 Å². The van der Waals surface area contributed by atoms with Crippen LogP contribution in [0.3, 0.4) is 0 Å². The van der Waals surface area contributed by atoms with Gasteiger partial charge in [0.25, 0.3) is 0 Å². The van der Waals surface area contributed by atoms with Gasteiger partial charge in [-0.05, 0) is 53.8 Å². The first-order chi connectivity index (χ1) is 13.5. The summed E-state index contributed by atoms with van der Waals surface area (Å²) in [6, 6.07) is 0.755. The SMILES string of the molecule is CCC1(C=C(OC)C(=O)OC)CCCN2CCC3NC4CC(Br)=CC=C4C3=C21. The third kappa shape index (κ3) is 3.14. The number of carbonyl (C=O) groups excluding carboxylic acids is 1. The van der Waals surface area contributed by atoms with E-state index in [4.69, 9.17) is 9.47 Å². The zero-order valence-corrected chi connectivity index (χ0v) is 18.5. The van der Waals surface area contributed by atoms with Crippen molar-refractivity contribution in [2.75, 3.05) is 27.3 Å². The maximum absolute atomic E-state index is 12.2. The second kappa shape index (κ2) is 7.71. The Morgan fingerprint density at radius 2 is 2.14 bits per heavy atom. The first-order valence-electron chi connectivity index (χ1n) is 10.2. The number of carbonyl (C=O) groups is 1. The Kier molecular flexibility index (Phi) is 5.45. The fraction of sp³-hybridized carbons (Fsp3) is 0.591. The van der Waals surface area contributed by atoms with Gasteiger partial charge < -0.3 is 19.7 Å². The maximum atomic E-state index is 12.2. The molecule has 6 heteroatoms. The van der Waals surface area contributed by atoms with Crippen LogP contribution in [0.15, 0.2) is 45.3 Å². The van der Waals surface area contributed by atoms with E-state index in [0.717, 1.165) is 45.2 Å². The van der Waals surface area contributed by atoms with Crippen LogP contribution in [0.1, 0.15) is 39.0 Å². The van der Waals surface area contributed by atoms with Crippen LogP contribution in [0.5, 0.6) is 0 Å². The molecule has 1 aliphatic carbocycles. The largest absolute Gasteiger partial charge is 0.490 e. The fourth-order valence-corrected chi connectivity index (χ4v) is 5.83. The molecule has 28 heavy (non-hydrogen) atoms. The number of fused-ring (bicyclic) bond motifs is 4. The fourth-order valence-electron chi connectivity index (χ4n) is 5.37. The zero-order chi connectivity index (χ0) is 19.9. The van der Waals surface area contributed by atoms with Crippen molar-refractivity contribution in [1.82, 2.24) is 10.2 Å². The Balaban J connectivity index is 1.89. The minimum absolute atomic E-state index is 0.207. The Morgan fingerprint density at radius 1 is 1.32 bits per heavy atom. The van der Waals surface area contributed by atoms with Crippen molar-refractivity contribution in [3.8, 4) is 0 Å². The molecule has 3 heterocycles. The predicted molar refractivity (Wildman–Crippen MR) is 113 cm³/mol. The van der Waals surface area contributed by atoms with Crippen LogP contribution in [-0.4, -0.2) is 50.3 Å². The summed E-state index contributed by atoms with van der Waals surface area (Å²) in [6.07, 6.45) is 11.7. The summed E-state index contributed by atoms with van der Waals surface area (Å²) in [5.41, 5.74) is 4.05. The van der Waals surface area contributed by atoms with E-state index in [1.54, 1.807) is 7.11 Å². The van der Waals surface area contributed by atoms with E-state index in [9.17, 15) is 4.79 Å². The van der Waals surface area contributed by atoms with Crippen LogP contribution < -0.4 is 5.32 Å². The summed E-state index contributed by atoms with van der Waals surface area (Å²) >= 11 is 3.67. The number of hydrogen-bond donors (Lipinski definition) is 1. The molecule has 0 saturated carbocycles. The van der Waals surface area contributed by atoms with Crippen LogP contribution in [0.25, 0.3) is 0 Å². The van der Waals surface area contributed by atoms with Crippen molar-refractivity contribution in [2.45, 2.75) is 51.1 Å². The summed E-state index contributed by atoms with van der Waals surface area (Å²) in [6.45, 7) is 4.35. The van der Waals surface area contributed by atoms with Crippen LogP contribution in [-0.2, 0) is 14.3 Å². The molecule has 1 N–H and O–H groups in total. The topological polar surface area (TPSA) is 50.8 Å². The van der Waals surface area contributed by atoms with Gasteiger partial charge in [0.1, 0.15) is 0 Å². The average Bonchev–Trinajstić information content (AvgIpc) is 3.08. The number of ether oxygens (including phenoxy) is 2. The van der Waals surface area contributed by atoms with Gasteiger partial charge in [0, 0.05) is 36.3 Å². The molecular formula is C22H29BrN2O3. The van der Waals surface area contributed by atoms with Gasteiger partial charge in [-0.25, -0.2) is 4.79 Å². The van der Waals surface area contributed by atoms with Crippen molar-refractivity contribution in [2.24, 2.45) is 5.41 Å². The van der Waals surface area contributed by atoms with E-state index < -0.39 is 5.97 Å². The van der Waals surface area contributed by atoms with Gasteiger partial charge in [-0.1, -0.05) is 35.0 Å². The number of nitrogens with zero attached hydrogens (tertiary/aromatic N) is 1. The van der Waals surface area contributed by atoms with E-state index in [0.29, 0.717) is 17.8 Å². The van der Waals surface area contributed by atoms with Gasteiger partial charge in [0.15, 0.2) is 0 Å². The third-order valence-corrected chi connectivity index (χ3v) is 7.29. The summed E-state index contributed by atoms with van der Waals surface area (Å²) in [4.78, 5) is 14.8. The molecule has 0 aromatic carbocycles. The molecule has 0 aromatic heterocycles. The molecule has 0 spiro atoms. The maximum Gasteiger partial charge on any atom is 0.372 e. The van der Waals surface area contributed by atoms with Gasteiger partial charge in [-0.2, -0.15) is 0 Å². The third-order valence-electron chi connectivity index (χ3n) is 6.71. The first kappa shape index (κ1) is 19.8. The normalized spacial score (nSPS) is 32.1. The van der Waals surface area contributed by atoms with Crippen molar-refractivity contribution in [3.05, 3.63) is 45.3 Å². The highest BCUT2D eigenvalue weighted by Gasteiger charge is 2.48. The lowest BCUT2D eigenvalue weighted by Gasteiger charge is -2.49. The number of allylic oxidation sites excluding steroid dienone is 3. The molecule has 5 nitrogen and oxygen atoms in total. The number of piperidine rings is 1. The molecule has 2 fully saturated rings. The van der Waals surface area contributed by atoms with Crippen LogP contribution >= 0.6 is 15.9 Å². The van der Waals surface area contributed by atoms with Crippen LogP contribution in [0.4, 0.5) is 0 Å². The van der Waals surface area contributed by atoms with Crippen molar-refractivity contribution < 1.29 is 14.3 Å². The number of esters is 1. The molecule has 4 rings (SSSR count). The molecule has 3 aliphatic heterocycles. The monoisotopic (exact) mass is 448 g/mol. The average molecular weight is 449 g/mol. The Hall–Kier alpha value is -1.53. The number of nitrogens with one attached hydrogen (secondary N) is 1. The minimum Gasteiger partial charge on any atom is -0.490 e. The van der Waals surface area contributed by atoms with Crippen molar-refractivity contribution >= 4 is 21.9 Å². The molecule has 152 valence electrons. The number of hydrogen-bond acceptors (Lipinski definition) is 5. The van der Waals surface area contributed by atoms with Crippen molar-refractivity contribution in [3.63, 3.8) is 0 Å². The molecule has 2 saturated heterocycles. The number of methoxy groups -OCH3 is 2. The second-order valence-corrected chi connectivity index (χ2v) is 9.09. The summed E-state index contributed by atoms with van der Waals surface area (Å²) in [5.74, 6) is -0.0965. The van der Waals surface area contributed by atoms with E-state index in [-0.39, 0.29) is 5.41 Å². The molecule has 0 amide bonds.